The van der Waals surface area contributed by atoms with Gasteiger partial charge >= 0.3 is 5.69 Å². The molecule has 0 radical (unpaired) electrons. The quantitative estimate of drug-likeness (QED) is 0.579. The molecule has 0 saturated heterocycles. The van der Waals surface area contributed by atoms with Crippen LogP contribution < -0.4 is 5.69 Å². The molecule has 0 atom stereocenters. The van der Waals surface area contributed by atoms with Gasteiger partial charge in [-0.3, -0.25) is 4.57 Å². The third-order valence-electron chi connectivity index (χ3n) is 3.95. The summed E-state index contributed by atoms with van der Waals surface area (Å²) in [6.45, 7) is 2.64. The molecule has 0 unspecified atom stereocenters. The van der Waals surface area contributed by atoms with E-state index in [2.05, 4.69) is 15.2 Å². The molecule has 7 heteroatoms. The summed E-state index contributed by atoms with van der Waals surface area (Å²) in [5.41, 5.74) is 2.71. The molecule has 0 aliphatic rings. The average molecular weight is 308 g/mol. The lowest BCUT2D eigenvalue weighted by Crippen LogP contribution is -2.28. The molecule has 1 aromatic carbocycles. The van der Waals surface area contributed by atoms with E-state index in [1.54, 1.807) is 15.3 Å². The van der Waals surface area contributed by atoms with E-state index in [-0.39, 0.29) is 5.69 Å². The van der Waals surface area contributed by atoms with Gasteiger partial charge in [0, 0.05) is 19.2 Å². The van der Waals surface area contributed by atoms with Crippen LogP contribution in [0.5, 0.6) is 0 Å². The van der Waals surface area contributed by atoms with Crippen LogP contribution in [0.25, 0.3) is 28.2 Å². The third kappa shape index (κ3) is 1.89. The van der Waals surface area contributed by atoms with Gasteiger partial charge in [-0.2, -0.15) is 0 Å². The minimum Gasteiger partial charge on any atom is -0.329 e. The summed E-state index contributed by atoms with van der Waals surface area (Å²) in [5.74, 6) is 0.554. The standard InChI is InChI=1S/C16H16N6O/c1-3-9-21-14-12(20(2)10-17-14)15-19-18-13(22(15)16(21)23)11-7-5-4-6-8-11/h4-8,10H,3,9H2,1-2H3. The fourth-order valence-corrected chi connectivity index (χ4v) is 2.90. The molecule has 7 nitrogen and oxygen atoms in total. The monoisotopic (exact) mass is 308 g/mol. The highest BCUT2D eigenvalue weighted by molar-refractivity contribution is 5.86. The van der Waals surface area contributed by atoms with E-state index in [0.29, 0.717) is 23.7 Å². The van der Waals surface area contributed by atoms with E-state index in [4.69, 9.17) is 0 Å². The summed E-state index contributed by atoms with van der Waals surface area (Å²) in [5, 5.41) is 8.51. The highest BCUT2D eigenvalue weighted by Crippen LogP contribution is 2.21. The summed E-state index contributed by atoms with van der Waals surface area (Å²) < 4.78 is 5.15. The van der Waals surface area contributed by atoms with Gasteiger partial charge in [-0.25, -0.2) is 14.2 Å². The van der Waals surface area contributed by atoms with E-state index in [0.717, 1.165) is 17.5 Å². The number of hydrogen-bond donors (Lipinski definition) is 0. The zero-order chi connectivity index (χ0) is 16.0. The highest BCUT2D eigenvalue weighted by atomic mass is 16.1. The summed E-state index contributed by atoms with van der Waals surface area (Å²) >= 11 is 0. The van der Waals surface area contributed by atoms with Gasteiger partial charge in [-0.1, -0.05) is 37.3 Å². The lowest BCUT2D eigenvalue weighted by atomic mass is 10.2. The first-order valence-corrected chi connectivity index (χ1v) is 7.56. The zero-order valence-corrected chi connectivity index (χ0v) is 13.0. The summed E-state index contributed by atoms with van der Waals surface area (Å²) in [6.07, 6.45) is 2.55. The van der Waals surface area contributed by atoms with Gasteiger partial charge in [0.15, 0.2) is 17.1 Å². The van der Waals surface area contributed by atoms with E-state index in [1.807, 2.05) is 48.9 Å². The molecule has 4 aromatic rings. The Labute approximate surface area is 131 Å². The summed E-state index contributed by atoms with van der Waals surface area (Å²) in [6, 6.07) is 9.62. The number of aryl methyl sites for hydroxylation is 2. The molecule has 116 valence electrons. The fourth-order valence-electron chi connectivity index (χ4n) is 2.90. The normalized spacial score (nSPS) is 11.6. The van der Waals surface area contributed by atoms with Crippen LogP contribution in [0.3, 0.4) is 0 Å². The number of benzene rings is 1. The average Bonchev–Trinajstić information content (AvgIpc) is 3.16. The van der Waals surface area contributed by atoms with E-state index < -0.39 is 0 Å². The van der Waals surface area contributed by atoms with Crippen molar-refractivity contribution in [3.8, 4) is 11.4 Å². The van der Waals surface area contributed by atoms with Gasteiger partial charge in [0.25, 0.3) is 0 Å². The molecule has 23 heavy (non-hydrogen) atoms. The Hall–Kier alpha value is -2.96. The van der Waals surface area contributed by atoms with Crippen molar-refractivity contribution in [3.05, 3.63) is 47.1 Å². The molecule has 0 aliphatic heterocycles. The van der Waals surface area contributed by atoms with Gasteiger partial charge in [0.1, 0.15) is 5.52 Å². The molecule has 0 fully saturated rings. The number of hydrogen-bond acceptors (Lipinski definition) is 4. The van der Waals surface area contributed by atoms with Crippen molar-refractivity contribution >= 4 is 16.8 Å². The van der Waals surface area contributed by atoms with Crippen LogP contribution >= 0.6 is 0 Å². The highest BCUT2D eigenvalue weighted by Gasteiger charge is 2.19. The Balaban J connectivity index is 2.18. The predicted octanol–water partition coefficient (Wildman–Crippen LogP) is 1.85. The van der Waals surface area contributed by atoms with Crippen LogP contribution in [0.15, 0.2) is 41.5 Å². The van der Waals surface area contributed by atoms with Crippen molar-refractivity contribution in [2.45, 2.75) is 19.9 Å². The second-order valence-corrected chi connectivity index (χ2v) is 5.51. The van der Waals surface area contributed by atoms with Crippen molar-refractivity contribution in [2.24, 2.45) is 7.05 Å². The number of aromatic nitrogens is 6. The second-order valence-electron chi connectivity index (χ2n) is 5.51. The molecule has 0 spiro atoms. The molecule has 0 saturated carbocycles. The summed E-state index contributed by atoms with van der Waals surface area (Å²) in [7, 11) is 1.90. The van der Waals surface area contributed by atoms with Crippen molar-refractivity contribution < 1.29 is 0 Å². The Kier molecular flexibility index (Phi) is 3.00. The number of rotatable bonds is 3. The van der Waals surface area contributed by atoms with Gasteiger partial charge in [-0.15, -0.1) is 10.2 Å². The van der Waals surface area contributed by atoms with E-state index >= 15 is 0 Å². The van der Waals surface area contributed by atoms with Gasteiger partial charge in [-0.05, 0) is 6.42 Å². The topological polar surface area (TPSA) is 70.0 Å². The maximum atomic E-state index is 13.0. The Morgan fingerprint density at radius 1 is 1.09 bits per heavy atom. The molecular weight excluding hydrogens is 292 g/mol. The Bertz CT molecular complexity index is 1060. The van der Waals surface area contributed by atoms with Crippen molar-refractivity contribution in [3.63, 3.8) is 0 Å². The van der Waals surface area contributed by atoms with Crippen molar-refractivity contribution in [1.82, 2.24) is 28.7 Å². The van der Waals surface area contributed by atoms with E-state index in [1.165, 1.54) is 0 Å². The molecule has 0 aliphatic carbocycles. The van der Waals surface area contributed by atoms with E-state index in [9.17, 15) is 4.79 Å². The Morgan fingerprint density at radius 3 is 2.61 bits per heavy atom. The van der Waals surface area contributed by atoms with Crippen molar-refractivity contribution in [1.29, 1.82) is 0 Å². The molecule has 0 N–H and O–H groups in total. The van der Waals surface area contributed by atoms with Gasteiger partial charge in [0.05, 0.1) is 6.33 Å². The SMILES string of the molecule is CCCn1c(=O)n2c(-c3ccccc3)nnc2c2c1ncn2C. The molecule has 3 heterocycles. The van der Waals surface area contributed by atoms with Crippen LogP contribution in [0, 0.1) is 0 Å². The number of nitrogens with zero attached hydrogens (tertiary/aromatic N) is 6. The molecule has 0 amide bonds. The maximum Gasteiger partial charge on any atom is 0.337 e. The van der Waals surface area contributed by atoms with Crippen LogP contribution in [-0.4, -0.2) is 28.7 Å². The first kappa shape index (κ1) is 13.7. The lowest BCUT2D eigenvalue weighted by Gasteiger charge is -2.08. The Morgan fingerprint density at radius 2 is 1.87 bits per heavy atom. The fraction of sp³-hybridized carbons (Fsp3) is 0.250. The smallest absolute Gasteiger partial charge is 0.329 e. The maximum absolute atomic E-state index is 13.0. The van der Waals surface area contributed by atoms with Crippen LogP contribution in [0.2, 0.25) is 0 Å². The minimum absolute atomic E-state index is 0.156. The largest absolute Gasteiger partial charge is 0.337 e. The molecule has 3 aromatic heterocycles. The van der Waals surface area contributed by atoms with Crippen molar-refractivity contribution in [2.75, 3.05) is 0 Å². The first-order valence-electron chi connectivity index (χ1n) is 7.56. The number of fused-ring (bicyclic) bond motifs is 3. The summed E-state index contributed by atoms with van der Waals surface area (Å²) in [4.78, 5) is 17.4. The van der Waals surface area contributed by atoms with Gasteiger partial charge in [0.2, 0.25) is 0 Å². The molecule has 4 rings (SSSR count). The minimum atomic E-state index is -0.156. The third-order valence-corrected chi connectivity index (χ3v) is 3.95. The molecule has 0 bridgehead atoms. The van der Waals surface area contributed by atoms with Crippen LogP contribution in [-0.2, 0) is 13.6 Å². The predicted molar refractivity (Wildman–Crippen MR) is 87.2 cm³/mol. The zero-order valence-electron chi connectivity index (χ0n) is 13.0. The van der Waals surface area contributed by atoms with Crippen LogP contribution in [0.4, 0.5) is 0 Å². The van der Waals surface area contributed by atoms with Gasteiger partial charge < -0.3 is 4.57 Å². The number of imidazole rings is 1. The first-order chi connectivity index (χ1) is 11.2. The second kappa shape index (κ2) is 5.05. The lowest BCUT2D eigenvalue weighted by molar-refractivity contribution is 0.648. The van der Waals surface area contributed by atoms with Crippen LogP contribution in [0.1, 0.15) is 13.3 Å². The molecular formula is C16H16N6O.